The first-order valence-electron chi connectivity index (χ1n) is 7.84. The number of pyridine rings is 1. The van der Waals surface area contributed by atoms with E-state index in [1.54, 1.807) is 53.5 Å². The summed E-state index contributed by atoms with van der Waals surface area (Å²) in [7, 11) is 0. The molecule has 8 heteroatoms. The fraction of sp³-hybridized carbons (Fsp3) is 0.235. The van der Waals surface area contributed by atoms with Crippen molar-refractivity contribution >= 4 is 11.6 Å². The SMILES string of the molecule is CC(C)n1nnnc1COc1ccc(C(=O)Nc2cccnc2)cc1. The van der Waals surface area contributed by atoms with Crippen molar-refractivity contribution in [1.82, 2.24) is 25.2 Å². The lowest BCUT2D eigenvalue weighted by Crippen LogP contribution is -2.12. The van der Waals surface area contributed by atoms with E-state index in [4.69, 9.17) is 4.74 Å². The molecule has 25 heavy (non-hydrogen) atoms. The van der Waals surface area contributed by atoms with Gasteiger partial charge in [0.25, 0.3) is 5.91 Å². The molecule has 1 amide bonds. The molecule has 0 aliphatic heterocycles. The first kappa shape index (κ1) is 16.6. The van der Waals surface area contributed by atoms with Crippen molar-refractivity contribution in [3.8, 4) is 5.75 Å². The van der Waals surface area contributed by atoms with Crippen LogP contribution in [0, 0.1) is 0 Å². The number of carbonyl (C=O) groups is 1. The van der Waals surface area contributed by atoms with Crippen LogP contribution in [0.2, 0.25) is 0 Å². The number of hydrogen-bond acceptors (Lipinski definition) is 6. The van der Waals surface area contributed by atoms with Gasteiger partial charge in [0.1, 0.15) is 12.4 Å². The van der Waals surface area contributed by atoms with Crippen molar-refractivity contribution < 1.29 is 9.53 Å². The van der Waals surface area contributed by atoms with Gasteiger partial charge in [-0.05, 0) is 60.7 Å². The third-order valence-corrected chi connectivity index (χ3v) is 3.45. The molecule has 0 radical (unpaired) electrons. The Kier molecular flexibility index (Phi) is 4.98. The van der Waals surface area contributed by atoms with Crippen LogP contribution in [-0.2, 0) is 6.61 Å². The molecule has 0 saturated heterocycles. The van der Waals surface area contributed by atoms with E-state index >= 15 is 0 Å². The zero-order chi connectivity index (χ0) is 17.6. The van der Waals surface area contributed by atoms with E-state index in [9.17, 15) is 4.79 Å². The summed E-state index contributed by atoms with van der Waals surface area (Å²) in [5.74, 6) is 1.08. The molecule has 1 aromatic carbocycles. The normalized spacial score (nSPS) is 10.7. The van der Waals surface area contributed by atoms with Crippen LogP contribution in [0.25, 0.3) is 0 Å². The van der Waals surface area contributed by atoms with E-state index in [0.717, 1.165) is 0 Å². The molecule has 3 rings (SSSR count). The Balaban J connectivity index is 1.60. The fourth-order valence-corrected chi connectivity index (χ4v) is 2.20. The summed E-state index contributed by atoms with van der Waals surface area (Å²) in [5.41, 5.74) is 1.18. The molecule has 2 heterocycles. The minimum atomic E-state index is -0.205. The summed E-state index contributed by atoms with van der Waals surface area (Å²) in [6, 6.07) is 10.6. The Labute approximate surface area is 144 Å². The second-order valence-electron chi connectivity index (χ2n) is 5.64. The number of nitrogens with one attached hydrogen (secondary N) is 1. The topological polar surface area (TPSA) is 94.8 Å². The maximum Gasteiger partial charge on any atom is 0.255 e. The third-order valence-electron chi connectivity index (χ3n) is 3.45. The number of anilines is 1. The first-order valence-corrected chi connectivity index (χ1v) is 7.84. The Hall–Kier alpha value is -3.29. The van der Waals surface area contributed by atoms with Gasteiger partial charge in [-0.25, -0.2) is 4.68 Å². The summed E-state index contributed by atoms with van der Waals surface area (Å²) < 4.78 is 7.39. The van der Waals surface area contributed by atoms with E-state index in [1.807, 2.05) is 13.8 Å². The van der Waals surface area contributed by atoms with E-state index in [0.29, 0.717) is 22.8 Å². The highest BCUT2D eigenvalue weighted by Gasteiger charge is 2.10. The molecule has 0 unspecified atom stereocenters. The first-order chi connectivity index (χ1) is 12.1. The number of hydrogen-bond donors (Lipinski definition) is 1. The van der Waals surface area contributed by atoms with Crippen LogP contribution in [0.15, 0.2) is 48.8 Å². The Morgan fingerprint density at radius 2 is 2.04 bits per heavy atom. The van der Waals surface area contributed by atoms with Crippen molar-refractivity contribution in [1.29, 1.82) is 0 Å². The van der Waals surface area contributed by atoms with Crippen molar-refractivity contribution in [2.75, 3.05) is 5.32 Å². The number of tetrazole rings is 1. The highest BCUT2D eigenvalue weighted by molar-refractivity contribution is 6.04. The second-order valence-corrected chi connectivity index (χ2v) is 5.64. The molecule has 0 fully saturated rings. The number of benzene rings is 1. The number of amides is 1. The zero-order valence-electron chi connectivity index (χ0n) is 14.0. The number of aromatic nitrogens is 5. The molecule has 2 aromatic heterocycles. The minimum absolute atomic E-state index is 0.159. The fourth-order valence-electron chi connectivity index (χ4n) is 2.20. The molecule has 0 saturated carbocycles. The van der Waals surface area contributed by atoms with Crippen LogP contribution in [0.4, 0.5) is 5.69 Å². The highest BCUT2D eigenvalue weighted by atomic mass is 16.5. The Bertz CT molecular complexity index is 830. The van der Waals surface area contributed by atoms with Gasteiger partial charge in [0.15, 0.2) is 5.82 Å². The van der Waals surface area contributed by atoms with Crippen LogP contribution in [-0.4, -0.2) is 31.1 Å². The lowest BCUT2D eigenvalue weighted by atomic mass is 10.2. The predicted octanol–water partition coefficient (Wildman–Crippen LogP) is 2.48. The molecular formula is C17H18N6O2. The van der Waals surface area contributed by atoms with Crippen molar-refractivity contribution in [2.45, 2.75) is 26.5 Å². The molecule has 8 nitrogen and oxygen atoms in total. The highest BCUT2D eigenvalue weighted by Crippen LogP contribution is 2.15. The van der Waals surface area contributed by atoms with Crippen LogP contribution >= 0.6 is 0 Å². The average molecular weight is 338 g/mol. The van der Waals surface area contributed by atoms with Crippen molar-refractivity contribution in [2.24, 2.45) is 0 Å². The second kappa shape index (κ2) is 7.52. The molecule has 128 valence electrons. The Morgan fingerprint density at radius 1 is 1.24 bits per heavy atom. The van der Waals surface area contributed by atoms with Crippen LogP contribution in [0.5, 0.6) is 5.75 Å². The smallest absolute Gasteiger partial charge is 0.255 e. The van der Waals surface area contributed by atoms with E-state index in [2.05, 4.69) is 25.8 Å². The monoisotopic (exact) mass is 338 g/mol. The number of rotatable bonds is 6. The van der Waals surface area contributed by atoms with Crippen LogP contribution < -0.4 is 10.1 Å². The zero-order valence-corrected chi connectivity index (χ0v) is 14.0. The maximum absolute atomic E-state index is 12.2. The van der Waals surface area contributed by atoms with Gasteiger partial charge < -0.3 is 10.1 Å². The molecule has 1 N–H and O–H groups in total. The van der Waals surface area contributed by atoms with E-state index in [-0.39, 0.29) is 18.6 Å². The van der Waals surface area contributed by atoms with Gasteiger partial charge in [0.2, 0.25) is 0 Å². The molecule has 0 aliphatic rings. The third kappa shape index (κ3) is 4.17. The quantitative estimate of drug-likeness (QED) is 0.742. The van der Waals surface area contributed by atoms with Gasteiger partial charge in [0, 0.05) is 11.8 Å². The number of ether oxygens (including phenoxy) is 1. The number of carbonyl (C=O) groups excluding carboxylic acids is 1. The summed E-state index contributed by atoms with van der Waals surface area (Å²) in [5, 5.41) is 14.3. The van der Waals surface area contributed by atoms with Gasteiger partial charge >= 0.3 is 0 Å². The Morgan fingerprint density at radius 3 is 2.72 bits per heavy atom. The predicted molar refractivity (Wildman–Crippen MR) is 91.2 cm³/mol. The molecule has 0 bridgehead atoms. The van der Waals surface area contributed by atoms with E-state index in [1.165, 1.54) is 0 Å². The molecule has 0 spiro atoms. The van der Waals surface area contributed by atoms with Gasteiger partial charge in [-0.3, -0.25) is 9.78 Å². The summed E-state index contributed by atoms with van der Waals surface area (Å²) >= 11 is 0. The lowest BCUT2D eigenvalue weighted by molar-refractivity contribution is 0.102. The lowest BCUT2D eigenvalue weighted by Gasteiger charge is -2.09. The number of nitrogens with zero attached hydrogens (tertiary/aromatic N) is 5. The van der Waals surface area contributed by atoms with Crippen LogP contribution in [0.3, 0.4) is 0 Å². The standard InChI is InChI=1S/C17H18N6O2/c1-12(2)23-16(20-21-22-23)11-25-15-7-5-13(6-8-15)17(24)19-14-4-3-9-18-10-14/h3-10,12H,11H2,1-2H3,(H,19,24). The summed E-state index contributed by atoms with van der Waals surface area (Å²) in [4.78, 5) is 16.1. The summed E-state index contributed by atoms with van der Waals surface area (Å²) in [6.45, 7) is 4.25. The molecule has 0 atom stereocenters. The van der Waals surface area contributed by atoms with Gasteiger partial charge in [0.05, 0.1) is 17.9 Å². The van der Waals surface area contributed by atoms with Crippen molar-refractivity contribution in [3.05, 3.63) is 60.2 Å². The maximum atomic E-state index is 12.2. The molecular weight excluding hydrogens is 320 g/mol. The minimum Gasteiger partial charge on any atom is -0.486 e. The average Bonchev–Trinajstić information content (AvgIpc) is 3.10. The summed E-state index contributed by atoms with van der Waals surface area (Å²) in [6.07, 6.45) is 3.24. The molecule has 0 aliphatic carbocycles. The van der Waals surface area contributed by atoms with Gasteiger partial charge in [-0.1, -0.05) is 0 Å². The van der Waals surface area contributed by atoms with E-state index < -0.39 is 0 Å². The largest absolute Gasteiger partial charge is 0.486 e. The van der Waals surface area contributed by atoms with Crippen LogP contribution in [0.1, 0.15) is 36.1 Å². The molecule has 3 aromatic rings. The van der Waals surface area contributed by atoms with Gasteiger partial charge in [-0.15, -0.1) is 5.10 Å². The van der Waals surface area contributed by atoms with Crippen molar-refractivity contribution in [3.63, 3.8) is 0 Å². The van der Waals surface area contributed by atoms with Gasteiger partial charge in [-0.2, -0.15) is 0 Å².